The van der Waals surface area contributed by atoms with Crippen LogP contribution in [0, 0.1) is 0 Å². The zero-order valence-corrected chi connectivity index (χ0v) is 13.4. The van der Waals surface area contributed by atoms with Gasteiger partial charge in [-0.05, 0) is 37.1 Å². The number of amides is 3. The van der Waals surface area contributed by atoms with Gasteiger partial charge >= 0.3 is 6.03 Å². The number of rotatable bonds is 4. The summed E-state index contributed by atoms with van der Waals surface area (Å²) in [6.07, 6.45) is 7.57. The van der Waals surface area contributed by atoms with Crippen LogP contribution in [0.4, 0.5) is 16.3 Å². The number of hydrogen-bond donors (Lipinski definition) is 3. The van der Waals surface area contributed by atoms with Gasteiger partial charge in [0, 0.05) is 17.3 Å². The molecule has 2 aromatic rings. The molecule has 0 saturated heterocycles. The number of nitrogens with two attached hydrogens (primary N) is 1. The Kier molecular flexibility index (Phi) is 4.79. The maximum absolute atomic E-state index is 12.4. The van der Waals surface area contributed by atoms with E-state index >= 15 is 0 Å². The highest BCUT2D eigenvalue weighted by Crippen LogP contribution is 2.30. The number of carbonyl (C=O) groups excluding carboxylic acids is 2. The zero-order valence-electron chi connectivity index (χ0n) is 13.4. The van der Waals surface area contributed by atoms with Crippen LogP contribution in [-0.2, 0) is 0 Å². The second-order valence-electron chi connectivity index (χ2n) is 5.97. The van der Waals surface area contributed by atoms with Crippen LogP contribution in [0.1, 0.15) is 48.5 Å². The summed E-state index contributed by atoms with van der Waals surface area (Å²) in [5.41, 5.74) is 6.11. The molecule has 0 spiro atoms. The first-order valence-electron chi connectivity index (χ1n) is 8.15. The molecule has 1 heterocycles. The molecule has 0 unspecified atom stereocenters. The molecule has 0 bridgehead atoms. The number of benzene rings is 1. The van der Waals surface area contributed by atoms with Gasteiger partial charge in [-0.15, -0.1) is 0 Å². The molecular formula is C17H21N5O2. The van der Waals surface area contributed by atoms with Gasteiger partial charge in [0.15, 0.2) is 0 Å². The van der Waals surface area contributed by atoms with Gasteiger partial charge in [0.25, 0.3) is 5.91 Å². The maximum Gasteiger partial charge on any atom is 0.316 e. The van der Waals surface area contributed by atoms with E-state index in [-0.39, 0.29) is 5.91 Å². The summed E-state index contributed by atoms with van der Waals surface area (Å²) in [5, 5.41) is 9.75. The van der Waals surface area contributed by atoms with Crippen LogP contribution < -0.4 is 16.4 Å². The summed E-state index contributed by atoms with van der Waals surface area (Å²) in [5.74, 6) is 0.504. The van der Waals surface area contributed by atoms with Crippen molar-refractivity contribution >= 4 is 23.4 Å². The Balaban J connectivity index is 1.69. The Morgan fingerprint density at radius 2 is 1.75 bits per heavy atom. The van der Waals surface area contributed by atoms with Gasteiger partial charge in [-0.25, -0.2) is 9.48 Å². The first-order valence-corrected chi connectivity index (χ1v) is 8.15. The molecule has 24 heavy (non-hydrogen) atoms. The van der Waals surface area contributed by atoms with Crippen LogP contribution in [0.15, 0.2) is 36.5 Å². The van der Waals surface area contributed by atoms with E-state index in [1.54, 1.807) is 30.5 Å². The van der Waals surface area contributed by atoms with Crippen molar-refractivity contribution in [1.29, 1.82) is 0 Å². The first kappa shape index (κ1) is 16.0. The normalized spacial score (nSPS) is 15.0. The second kappa shape index (κ2) is 7.16. The number of nitrogens with zero attached hydrogens (tertiary/aromatic N) is 2. The Hall–Kier alpha value is -2.83. The molecule has 1 aromatic carbocycles. The summed E-state index contributed by atoms with van der Waals surface area (Å²) < 4.78 is 1.92. The van der Waals surface area contributed by atoms with E-state index in [0.717, 1.165) is 12.8 Å². The smallest absolute Gasteiger partial charge is 0.316 e. The van der Waals surface area contributed by atoms with E-state index in [2.05, 4.69) is 15.7 Å². The molecule has 1 aliphatic carbocycles. The van der Waals surface area contributed by atoms with Crippen molar-refractivity contribution in [2.24, 2.45) is 5.73 Å². The van der Waals surface area contributed by atoms with Gasteiger partial charge < -0.3 is 16.4 Å². The van der Waals surface area contributed by atoms with Crippen LogP contribution in [0.3, 0.4) is 0 Å². The quantitative estimate of drug-likeness (QED) is 0.804. The van der Waals surface area contributed by atoms with Crippen molar-refractivity contribution in [3.8, 4) is 0 Å². The molecule has 0 aliphatic heterocycles. The van der Waals surface area contributed by atoms with E-state index in [1.807, 2.05) is 10.7 Å². The molecule has 126 valence electrons. The fourth-order valence-corrected chi connectivity index (χ4v) is 3.07. The van der Waals surface area contributed by atoms with Crippen molar-refractivity contribution in [1.82, 2.24) is 9.78 Å². The maximum atomic E-state index is 12.4. The van der Waals surface area contributed by atoms with Crippen LogP contribution >= 0.6 is 0 Å². The number of aromatic nitrogens is 2. The average molecular weight is 327 g/mol. The first-order chi connectivity index (χ1) is 11.6. The lowest BCUT2D eigenvalue weighted by Gasteiger charge is -2.23. The van der Waals surface area contributed by atoms with Crippen molar-refractivity contribution in [3.05, 3.63) is 42.1 Å². The van der Waals surface area contributed by atoms with Crippen molar-refractivity contribution in [2.45, 2.75) is 38.1 Å². The van der Waals surface area contributed by atoms with Crippen LogP contribution in [-0.4, -0.2) is 21.7 Å². The molecule has 1 aromatic heterocycles. The predicted octanol–water partition coefficient (Wildman–Crippen LogP) is 3.13. The molecule has 7 nitrogen and oxygen atoms in total. The summed E-state index contributed by atoms with van der Waals surface area (Å²) >= 11 is 0. The zero-order chi connectivity index (χ0) is 16.9. The highest BCUT2D eigenvalue weighted by Gasteiger charge is 2.19. The van der Waals surface area contributed by atoms with E-state index in [1.165, 1.54) is 19.3 Å². The van der Waals surface area contributed by atoms with Gasteiger partial charge in [-0.2, -0.15) is 5.10 Å². The summed E-state index contributed by atoms with van der Waals surface area (Å²) in [6, 6.07) is 8.09. The van der Waals surface area contributed by atoms with E-state index in [0.29, 0.717) is 23.1 Å². The standard InChI is InChI=1S/C17H21N5O2/c18-17(24)20-13-8-6-12(7-9-13)16(23)21-15-10-11-19-22(15)14-4-2-1-3-5-14/h6-11,14H,1-5H2,(H,21,23)(H3,18,20,24). The van der Waals surface area contributed by atoms with Gasteiger partial charge in [0.05, 0.1) is 12.2 Å². The largest absolute Gasteiger partial charge is 0.351 e. The van der Waals surface area contributed by atoms with E-state index in [9.17, 15) is 9.59 Å². The molecule has 1 saturated carbocycles. The Morgan fingerprint density at radius 1 is 1.04 bits per heavy atom. The number of anilines is 2. The minimum absolute atomic E-state index is 0.210. The van der Waals surface area contributed by atoms with Gasteiger partial charge in [0.1, 0.15) is 5.82 Å². The monoisotopic (exact) mass is 327 g/mol. The Bertz CT molecular complexity index is 717. The SMILES string of the molecule is NC(=O)Nc1ccc(C(=O)Nc2ccnn2C2CCCCC2)cc1. The van der Waals surface area contributed by atoms with Crippen molar-refractivity contribution < 1.29 is 9.59 Å². The van der Waals surface area contributed by atoms with Crippen molar-refractivity contribution in [2.75, 3.05) is 10.6 Å². The fourth-order valence-electron chi connectivity index (χ4n) is 3.07. The molecular weight excluding hydrogens is 306 g/mol. The highest BCUT2D eigenvalue weighted by molar-refractivity contribution is 6.04. The summed E-state index contributed by atoms with van der Waals surface area (Å²) in [7, 11) is 0. The number of carbonyl (C=O) groups is 2. The number of nitrogens with one attached hydrogen (secondary N) is 2. The number of primary amides is 1. The third-order valence-corrected chi connectivity index (χ3v) is 4.25. The van der Waals surface area contributed by atoms with Gasteiger partial charge in [-0.3, -0.25) is 4.79 Å². The molecule has 7 heteroatoms. The lowest BCUT2D eigenvalue weighted by atomic mass is 9.96. The number of hydrogen-bond acceptors (Lipinski definition) is 3. The predicted molar refractivity (Wildman–Crippen MR) is 92.0 cm³/mol. The molecule has 4 N–H and O–H groups in total. The minimum atomic E-state index is -0.636. The lowest BCUT2D eigenvalue weighted by molar-refractivity contribution is 0.102. The second-order valence-corrected chi connectivity index (χ2v) is 5.97. The Morgan fingerprint density at radius 3 is 2.42 bits per heavy atom. The molecule has 0 radical (unpaired) electrons. The minimum Gasteiger partial charge on any atom is -0.351 e. The lowest BCUT2D eigenvalue weighted by Crippen LogP contribution is -2.21. The average Bonchev–Trinajstić information content (AvgIpc) is 3.04. The highest BCUT2D eigenvalue weighted by atomic mass is 16.2. The third kappa shape index (κ3) is 3.73. The van der Waals surface area contributed by atoms with Crippen LogP contribution in [0.25, 0.3) is 0 Å². The molecule has 3 amide bonds. The molecule has 1 fully saturated rings. The van der Waals surface area contributed by atoms with Crippen LogP contribution in [0.5, 0.6) is 0 Å². The fraction of sp³-hybridized carbons (Fsp3) is 0.353. The van der Waals surface area contributed by atoms with Gasteiger partial charge in [0.2, 0.25) is 0 Å². The number of urea groups is 1. The Labute approximate surface area is 140 Å². The summed E-state index contributed by atoms with van der Waals surface area (Å²) in [4.78, 5) is 23.2. The third-order valence-electron chi connectivity index (χ3n) is 4.25. The topological polar surface area (TPSA) is 102 Å². The van der Waals surface area contributed by atoms with E-state index in [4.69, 9.17) is 5.73 Å². The molecule has 3 rings (SSSR count). The summed E-state index contributed by atoms with van der Waals surface area (Å²) in [6.45, 7) is 0. The molecule has 1 aliphatic rings. The van der Waals surface area contributed by atoms with Crippen LogP contribution in [0.2, 0.25) is 0 Å². The molecule has 0 atom stereocenters. The van der Waals surface area contributed by atoms with E-state index < -0.39 is 6.03 Å². The van der Waals surface area contributed by atoms with Crippen molar-refractivity contribution in [3.63, 3.8) is 0 Å². The van der Waals surface area contributed by atoms with Gasteiger partial charge in [-0.1, -0.05) is 19.3 Å².